The fourth-order valence-corrected chi connectivity index (χ4v) is 1.41. The van der Waals surface area contributed by atoms with Crippen molar-refractivity contribution in [1.29, 1.82) is 0 Å². The molecule has 1 aromatic rings. The summed E-state index contributed by atoms with van der Waals surface area (Å²) < 4.78 is 5.24. The summed E-state index contributed by atoms with van der Waals surface area (Å²) in [7, 11) is 0. The maximum absolute atomic E-state index is 5.24. The molecule has 1 unspecified atom stereocenters. The van der Waals surface area contributed by atoms with Crippen LogP contribution in [0, 0.1) is 5.92 Å². The van der Waals surface area contributed by atoms with Crippen molar-refractivity contribution >= 4 is 11.6 Å². The van der Waals surface area contributed by atoms with E-state index in [2.05, 4.69) is 29.7 Å². The normalized spacial score (nSPS) is 16.0. The van der Waals surface area contributed by atoms with Crippen LogP contribution in [0.25, 0.3) is 5.70 Å². The molecule has 0 aromatic carbocycles. The van der Waals surface area contributed by atoms with Crippen molar-refractivity contribution in [3.63, 3.8) is 0 Å². The van der Waals surface area contributed by atoms with Gasteiger partial charge in [0.2, 0.25) is 5.55 Å². The number of aliphatic imine (C=N–C) groups is 1. The van der Waals surface area contributed by atoms with E-state index in [0.29, 0.717) is 11.5 Å². The Morgan fingerprint density at radius 1 is 1.57 bits per heavy atom. The van der Waals surface area contributed by atoms with E-state index in [0.717, 1.165) is 17.3 Å². The van der Waals surface area contributed by atoms with Crippen LogP contribution >= 0.6 is 0 Å². The maximum Gasteiger partial charge on any atom is 0.228 e. The lowest BCUT2D eigenvalue weighted by Gasteiger charge is -2.05. The van der Waals surface area contributed by atoms with Crippen molar-refractivity contribution in [2.75, 3.05) is 0 Å². The molecule has 72 valence electrons. The quantitative estimate of drug-likeness (QED) is 0.688. The molecule has 1 aromatic heterocycles. The number of furan rings is 1. The molecule has 0 N–H and O–H groups in total. The minimum atomic E-state index is 0.403. The van der Waals surface area contributed by atoms with Gasteiger partial charge in [-0.2, -0.15) is 0 Å². The lowest BCUT2D eigenvalue weighted by molar-refractivity contribution is 0.510. The van der Waals surface area contributed by atoms with Gasteiger partial charge in [-0.05, 0) is 18.4 Å². The molecule has 0 aliphatic carbocycles. The topological polar surface area (TPSA) is 37.9 Å². The first kappa shape index (κ1) is 8.97. The second-order valence-electron chi connectivity index (χ2n) is 3.33. The summed E-state index contributed by atoms with van der Waals surface area (Å²) in [5.74, 6) is 3.19. The molecule has 0 amide bonds. The van der Waals surface area contributed by atoms with E-state index in [-0.39, 0.29) is 0 Å². The molecular formula is C11H12N2O. The molecule has 14 heavy (non-hydrogen) atoms. The Bertz CT molecular complexity index is 504. The highest BCUT2D eigenvalue weighted by Gasteiger charge is 2.09. The minimum Gasteiger partial charge on any atom is -0.446 e. The SMILES string of the molecule is CCC(C)C1=c2ccoc2=NC=C=N1. The number of rotatable bonds is 2. The molecule has 2 heterocycles. The molecular weight excluding hydrogens is 176 g/mol. The molecule has 0 saturated heterocycles. The number of nitrogens with zero attached hydrogens (tertiary/aromatic N) is 2. The number of fused-ring (bicyclic) bond motifs is 1. The van der Waals surface area contributed by atoms with E-state index in [9.17, 15) is 0 Å². The minimum absolute atomic E-state index is 0.403. The molecule has 3 heteroatoms. The highest BCUT2D eigenvalue weighted by atomic mass is 16.3. The lowest BCUT2D eigenvalue weighted by atomic mass is 10.0. The Kier molecular flexibility index (Phi) is 2.33. The van der Waals surface area contributed by atoms with Crippen LogP contribution in [0.15, 0.2) is 32.9 Å². The maximum atomic E-state index is 5.24. The third-order valence-electron chi connectivity index (χ3n) is 2.42. The second-order valence-corrected chi connectivity index (χ2v) is 3.33. The molecule has 0 saturated carbocycles. The van der Waals surface area contributed by atoms with Gasteiger partial charge in [-0.3, -0.25) is 0 Å². The van der Waals surface area contributed by atoms with Crippen molar-refractivity contribution < 1.29 is 4.42 Å². The van der Waals surface area contributed by atoms with Gasteiger partial charge in [-0.1, -0.05) is 13.8 Å². The van der Waals surface area contributed by atoms with Gasteiger partial charge in [0, 0.05) is 5.87 Å². The van der Waals surface area contributed by atoms with E-state index in [1.54, 1.807) is 6.26 Å². The van der Waals surface area contributed by atoms with Crippen molar-refractivity contribution in [2.24, 2.45) is 15.9 Å². The van der Waals surface area contributed by atoms with Crippen LogP contribution in [0.1, 0.15) is 20.3 Å². The molecule has 1 atom stereocenters. The van der Waals surface area contributed by atoms with Gasteiger partial charge in [0.15, 0.2) is 0 Å². The fourth-order valence-electron chi connectivity index (χ4n) is 1.41. The van der Waals surface area contributed by atoms with Crippen LogP contribution in [-0.2, 0) is 0 Å². The van der Waals surface area contributed by atoms with Crippen molar-refractivity contribution in [3.8, 4) is 0 Å². The summed E-state index contributed by atoms with van der Waals surface area (Å²) in [4.78, 5) is 8.36. The summed E-state index contributed by atoms with van der Waals surface area (Å²) >= 11 is 0. The predicted octanol–water partition coefficient (Wildman–Crippen LogP) is 1.25. The Balaban J connectivity index is 2.73. The third-order valence-corrected chi connectivity index (χ3v) is 2.42. The third kappa shape index (κ3) is 1.42. The van der Waals surface area contributed by atoms with Crippen molar-refractivity contribution in [3.05, 3.63) is 29.3 Å². The molecule has 0 fully saturated rings. The molecule has 3 nitrogen and oxygen atoms in total. The highest BCUT2D eigenvalue weighted by molar-refractivity contribution is 5.62. The Hall–Kier alpha value is -1.60. The van der Waals surface area contributed by atoms with Crippen LogP contribution in [0.3, 0.4) is 0 Å². The summed E-state index contributed by atoms with van der Waals surface area (Å²) in [6.07, 6.45) is 4.23. The van der Waals surface area contributed by atoms with Crippen molar-refractivity contribution in [1.82, 2.24) is 0 Å². The van der Waals surface area contributed by atoms with E-state index in [1.165, 1.54) is 6.20 Å². The number of hydrogen-bond donors (Lipinski definition) is 0. The van der Waals surface area contributed by atoms with Crippen LogP contribution in [0.2, 0.25) is 0 Å². The lowest BCUT2D eigenvalue weighted by Crippen LogP contribution is -2.23. The molecule has 0 radical (unpaired) electrons. The zero-order valence-corrected chi connectivity index (χ0v) is 8.32. The van der Waals surface area contributed by atoms with Gasteiger partial charge in [-0.25, -0.2) is 9.98 Å². The number of hydrogen-bond acceptors (Lipinski definition) is 3. The van der Waals surface area contributed by atoms with Gasteiger partial charge >= 0.3 is 0 Å². The van der Waals surface area contributed by atoms with E-state index < -0.39 is 0 Å². The first-order chi connectivity index (χ1) is 6.83. The summed E-state index contributed by atoms with van der Waals surface area (Å²) in [6.45, 7) is 4.28. The standard InChI is InChI=1S/C11H12N2O/c1-3-8(2)10-9-4-7-14-11(9)13-6-5-12-10/h4,6-8H,3H2,1-2H3. The smallest absolute Gasteiger partial charge is 0.228 e. The largest absolute Gasteiger partial charge is 0.446 e. The van der Waals surface area contributed by atoms with Crippen LogP contribution in [0.4, 0.5) is 0 Å². The first-order valence-electron chi connectivity index (χ1n) is 4.76. The Labute approximate surface area is 82.2 Å². The van der Waals surface area contributed by atoms with Gasteiger partial charge < -0.3 is 4.42 Å². The molecule has 1 aliphatic heterocycles. The average Bonchev–Trinajstić information content (AvgIpc) is 2.57. The summed E-state index contributed by atoms with van der Waals surface area (Å²) in [6, 6.07) is 1.91. The average molecular weight is 188 g/mol. The summed E-state index contributed by atoms with van der Waals surface area (Å²) in [5.41, 5.74) is 1.64. The Morgan fingerprint density at radius 2 is 2.43 bits per heavy atom. The molecule has 1 aliphatic rings. The monoisotopic (exact) mass is 188 g/mol. The van der Waals surface area contributed by atoms with Gasteiger partial charge in [0.05, 0.1) is 23.4 Å². The van der Waals surface area contributed by atoms with Crippen LogP contribution in [-0.4, -0.2) is 5.87 Å². The predicted molar refractivity (Wildman–Crippen MR) is 54.4 cm³/mol. The second kappa shape index (κ2) is 3.64. The van der Waals surface area contributed by atoms with Gasteiger partial charge in [-0.15, -0.1) is 0 Å². The van der Waals surface area contributed by atoms with Gasteiger partial charge in [0.25, 0.3) is 0 Å². The van der Waals surface area contributed by atoms with Gasteiger partial charge in [0.1, 0.15) is 0 Å². The molecule has 2 rings (SSSR count). The Morgan fingerprint density at radius 3 is 3.21 bits per heavy atom. The van der Waals surface area contributed by atoms with E-state index in [4.69, 9.17) is 4.42 Å². The molecule has 0 bridgehead atoms. The first-order valence-corrected chi connectivity index (χ1v) is 4.76. The zero-order chi connectivity index (χ0) is 9.97. The summed E-state index contributed by atoms with van der Waals surface area (Å²) in [5, 5.41) is 0.987. The van der Waals surface area contributed by atoms with Crippen molar-refractivity contribution in [2.45, 2.75) is 20.3 Å². The zero-order valence-electron chi connectivity index (χ0n) is 8.32. The fraction of sp³-hybridized carbons (Fsp3) is 0.364. The molecule has 0 spiro atoms. The van der Waals surface area contributed by atoms with E-state index in [1.807, 2.05) is 6.07 Å². The van der Waals surface area contributed by atoms with E-state index >= 15 is 0 Å². The van der Waals surface area contributed by atoms with Crippen LogP contribution in [0.5, 0.6) is 0 Å². The van der Waals surface area contributed by atoms with Crippen LogP contribution < -0.4 is 10.8 Å². The highest BCUT2D eigenvalue weighted by Crippen LogP contribution is 2.14.